The highest BCUT2D eigenvalue weighted by Crippen LogP contribution is 2.40. The molecule has 1 aliphatic heterocycles. The maximum Gasteiger partial charge on any atom is 0.158 e. The third-order valence-electron chi connectivity index (χ3n) is 8.25. The van der Waals surface area contributed by atoms with Gasteiger partial charge in [0, 0.05) is 25.0 Å². The molecule has 0 spiro atoms. The predicted molar refractivity (Wildman–Crippen MR) is 157 cm³/mol. The highest BCUT2D eigenvalue weighted by Gasteiger charge is 2.24. The van der Waals surface area contributed by atoms with Gasteiger partial charge in [0.25, 0.3) is 0 Å². The van der Waals surface area contributed by atoms with Gasteiger partial charge in [-0.3, -0.25) is 0 Å². The summed E-state index contributed by atoms with van der Waals surface area (Å²) < 4.78 is 1.95. The number of pyridine rings is 1. The van der Waals surface area contributed by atoms with Crippen LogP contribution in [0.4, 0.5) is 0 Å². The second-order valence-corrected chi connectivity index (χ2v) is 11.1. The van der Waals surface area contributed by atoms with Crippen molar-refractivity contribution in [3.63, 3.8) is 0 Å². The lowest BCUT2D eigenvalue weighted by Gasteiger charge is -2.35. The van der Waals surface area contributed by atoms with Crippen molar-refractivity contribution in [3.8, 4) is 0 Å². The summed E-state index contributed by atoms with van der Waals surface area (Å²) in [6, 6.07) is 7.21. The molecule has 1 aromatic carbocycles. The Morgan fingerprint density at radius 2 is 1.81 bits per heavy atom. The van der Waals surface area contributed by atoms with E-state index in [1.165, 1.54) is 50.2 Å². The second-order valence-electron chi connectivity index (χ2n) is 11.1. The number of nitrogens with zero attached hydrogens (tertiary/aromatic N) is 4. The Morgan fingerprint density at radius 3 is 2.46 bits per heavy atom. The minimum Gasteiger partial charge on any atom is -0.375 e. The van der Waals surface area contributed by atoms with Crippen LogP contribution < -0.4 is 5.73 Å². The zero-order chi connectivity index (χ0) is 26.7. The van der Waals surface area contributed by atoms with E-state index in [0.29, 0.717) is 18.4 Å². The van der Waals surface area contributed by atoms with Gasteiger partial charge >= 0.3 is 0 Å². The molecule has 1 saturated heterocycles. The summed E-state index contributed by atoms with van der Waals surface area (Å²) in [6.45, 7) is 20.7. The van der Waals surface area contributed by atoms with Crippen LogP contribution in [0.25, 0.3) is 16.8 Å². The summed E-state index contributed by atoms with van der Waals surface area (Å²) in [6.07, 6.45) is 9.21. The van der Waals surface area contributed by atoms with E-state index < -0.39 is 0 Å². The second kappa shape index (κ2) is 11.6. The molecule has 3 aromatic rings. The van der Waals surface area contributed by atoms with Gasteiger partial charge < -0.3 is 10.6 Å². The predicted octanol–water partition coefficient (Wildman–Crippen LogP) is 7.06. The van der Waals surface area contributed by atoms with Crippen molar-refractivity contribution in [2.75, 3.05) is 19.6 Å². The Morgan fingerprint density at radius 1 is 1.08 bits per heavy atom. The fraction of sp³-hybridized carbons (Fsp3) is 0.500. The van der Waals surface area contributed by atoms with Gasteiger partial charge in [0.15, 0.2) is 5.65 Å². The van der Waals surface area contributed by atoms with Crippen molar-refractivity contribution in [1.82, 2.24) is 19.5 Å². The zero-order valence-corrected chi connectivity index (χ0v) is 23.8. The molecule has 2 N–H and O–H groups in total. The molecule has 5 heteroatoms. The monoisotopic (exact) mass is 499 g/mol. The lowest BCUT2D eigenvalue weighted by Crippen LogP contribution is -2.32. The van der Waals surface area contributed by atoms with Crippen molar-refractivity contribution in [2.24, 2.45) is 11.7 Å². The first-order valence-corrected chi connectivity index (χ1v) is 14.0. The van der Waals surface area contributed by atoms with Gasteiger partial charge in [-0.25, -0.2) is 9.50 Å². The van der Waals surface area contributed by atoms with Crippen LogP contribution in [0.15, 0.2) is 43.0 Å². The van der Waals surface area contributed by atoms with E-state index in [2.05, 4.69) is 87.5 Å². The van der Waals surface area contributed by atoms with Crippen LogP contribution in [-0.2, 0) is 0 Å². The number of benzene rings is 1. The molecule has 0 saturated carbocycles. The summed E-state index contributed by atoms with van der Waals surface area (Å²) in [7, 11) is 0. The highest BCUT2D eigenvalue weighted by atomic mass is 15.3. The third-order valence-corrected chi connectivity index (χ3v) is 8.25. The number of hydrogen-bond acceptors (Lipinski definition) is 4. The molecule has 1 aliphatic rings. The number of hydrogen-bond donors (Lipinski definition) is 1. The summed E-state index contributed by atoms with van der Waals surface area (Å²) in [5.74, 6) is 0.989. The molecule has 4 rings (SSSR count). The summed E-state index contributed by atoms with van der Waals surface area (Å²) in [5.41, 5.74) is 18.9. The van der Waals surface area contributed by atoms with Crippen LogP contribution in [-0.4, -0.2) is 39.1 Å². The summed E-state index contributed by atoms with van der Waals surface area (Å²) in [4.78, 5) is 6.92. The van der Waals surface area contributed by atoms with Gasteiger partial charge in [-0.1, -0.05) is 52.0 Å². The van der Waals surface area contributed by atoms with E-state index in [1.54, 1.807) is 6.33 Å². The summed E-state index contributed by atoms with van der Waals surface area (Å²) in [5, 5.41) is 4.49. The number of aromatic nitrogens is 3. The third kappa shape index (κ3) is 5.52. The van der Waals surface area contributed by atoms with Gasteiger partial charge in [-0.05, 0) is 109 Å². The molecule has 3 heterocycles. The molecule has 2 aromatic heterocycles. The number of allylic oxidation sites excluding steroid dienone is 2. The van der Waals surface area contributed by atoms with Crippen LogP contribution in [0.1, 0.15) is 92.2 Å². The lowest BCUT2D eigenvalue weighted by atomic mass is 9.80. The largest absolute Gasteiger partial charge is 0.375 e. The van der Waals surface area contributed by atoms with Crippen molar-refractivity contribution < 1.29 is 0 Å². The Balaban J connectivity index is 1.77. The molecule has 0 unspecified atom stereocenters. The van der Waals surface area contributed by atoms with Crippen LogP contribution in [0, 0.1) is 26.7 Å². The fourth-order valence-corrected chi connectivity index (χ4v) is 6.03. The Bertz CT molecular complexity index is 1290. The molecule has 5 nitrogen and oxygen atoms in total. The molecule has 0 radical (unpaired) electrons. The topological polar surface area (TPSA) is 59.5 Å². The molecule has 1 fully saturated rings. The van der Waals surface area contributed by atoms with E-state index in [4.69, 9.17) is 5.73 Å². The van der Waals surface area contributed by atoms with Crippen molar-refractivity contribution in [3.05, 3.63) is 76.4 Å². The van der Waals surface area contributed by atoms with Crippen LogP contribution in [0.3, 0.4) is 0 Å². The van der Waals surface area contributed by atoms with E-state index in [-0.39, 0.29) is 0 Å². The van der Waals surface area contributed by atoms with Crippen molar-refractivity contribution in [1.29, 1.82) is 0 Å². The Hall–Kier alpha value is -2.92. The summed E-state index contributed by atoms with van der Waals surface area (Å²) >= 11 is 0. The van der Waals surface area contributed by atoms with Gasteiger partial charge in [-0.15, -0.1) is 0 Å². The van der Waals surface area contributed by atoms with Crippen LogP contribution >= 0.6 is 0 Å². The molecular weight excluding hydrogens is 454 g/mol. The number of nitrogens with two attached hydrogens (primary N) is 1. The van der Waals surface area contributed by atoms with Gasteiger partial charge in [0.2, 0.25) is 0 Å². The quantitative estimate of drug-likeness (QED) is 0.342. The molecule has 0 bridgehead atoms. The first kappa shape index (κ1) is 27.1. The SMILES string of the molecule is C=C(CCN)N1CCC(c2ccc(C)c(/C(=C(\CCC)c3cn4ncnc4c(C)c3C)C(C)C)c2)CC1. The van der Waals surface area contributed by atoms with Crippen LogP contribution in [0.5, 0.6) is 0 Å². The maximum absolute atomic E-state index is 5.77. The first-order valence-electron chi connectivity index (χ1n) is 14.0. The minimum atomic E-state index is 0.406. The number of fused-ring (bicyclic) bond motifs is 1. The molecule has 0 amide bonds. The smallest absolute Gasteiger partial charge is 0.158 e. The van der Waals surface area contributed by atoms with E-state index in [1.807, 2.05) is 4.52 Å². The van der Waals surface area contributed by atoms with Crippen LogP contribution in [0.2, 0.25) is 0 Å². The molecule has 37 heavy (non-hydrogen) atoms. The first-order chi connectivity index (χ1) is 17.8. The van der Waals surface area contributed by atoms with Gasteiger partial charge in [0.05, 0.1) is 0 Å². The standard InChI is InChI=1S/C32H45N5/c1-8-9-28(30-19-37-32(34-20-35-37)25(7)24(30)6)31(21(2)3)29-18-27(11-10-22(29)4)26-13-16-36(17-14-26)23(5)12-15-33/h10-11,18-21,26H,5,8-9,12-17,33H2,1-4,6-7H3/b31-28+. The number of rotatable bonds is 9. The van der Waals surface area contributed by atoms with Crippen molar-refractivity contribution >= 4 is 16.8 Å². The fourth-order valence-electron chi connectivity index (χ4n) is 6.03. The Kier molecular flexibility index (Phi) is 8.53. The number of likely N-dealkylation sites (tertiary alicyclic amines) is 1. The molecule has 198 valence electrons. The van der Waals surface area contributed by atoms with E-state index in [9.17, 15) is 0 Å². The van der Waals surface area contributed by atoms with Crippen molar-refractivity contribution in [2.45, 2.75) is 79.6 Å². The lowest BCUT2D eigenvalue weighted by molar-refractivity contribution is 0.257. The average molecular weight is 500 g/mol. The van der Waals surface area contributed by atoms with Gasteiger partial charge in [0.1, 0.15) is 6.33 Å². The normalized spacial score (nSPS) is 15.5. The maximum atomic E-state index is 5.77. The van der Waals surface area contributed by atoms with E-state index >= 15 is 0 Å². The Labute approximate surface area is 223 Å². The molecule has 0 atom stereocenters. The molecule has 0 aliphatic carbocycles. The van der Waals surface area contributed by atoms with Gasteiger partial charge in [-0.2, -0.15) is 5.10 Å². The minimum absolute atomic E-state index is 0.406. The molecular formula is C32H45N5. The highest BCUT2D eigenvalue weighted by molar-refractivity contribution is 5.93. The number of aryl methyl sites for hydroxylation is 2. The van der Waals surface area contributed by atoms with E-state index in [0.717, 1.165) is 50.8 Å². The zero-order valence-electron chi connectivity index (χ0n) is 23.8. The number of piperidine rings is 1. The average Bonchev–Trinajstić information content (AvgIpc) is 3.36.